The maximum atomic E-state index is 13.3. The third-order valence-electron chi connectivity index (χ3n) is 6.68. The van der Waals surface area contributed by atoms with Gasteiger partial charge in [0.15, 0.2) is 0 Å². The molecule has 162 valence electrons. The van der Waals surface area contributed by atoms with Crippen molar-refractivity contribution in [3.63, 3.8) is 0 Å². The number of aliphatic imine (C=N–C) groups is 1. The molecule has 31 heavy (non-hydrogen) atoms. The fourth-order valence-corrected chi connectivity index (χ4v) is 4.82. The number of nitrogens with two attached hydrogens (primary N) is 1. The Morgan fingerprint density at radius 3 is 2.61 bits per heavy atom. The zero-order valence-electron chi connectivity index (χ0n) is 17.5. The minimum Gasteiger partial charge on any atom is -0.487 e. The van der Waals surface area contributed by atoms with Crippen molar-refractivity contribution < 1.29 is 23.4 Å². The molecule has 1 fully saturated rings. The van der Waals surface area contributed by atoms with Crippen molar-refractivity contribution in [2.24, 2.45) is 16.1 Å². The second-order valence-electron chi connectivity index (χ2n) is 8.77. The molecule has 0 radical (unpaired) electrons. The lowest BCUT2D eigenvalue weighted by atomic mass is 9.55. The molecule has 5 rings (SSSR count). The van der Waals surface area contributed by atoms with Crippen molar-refractivity contribution in [2.45, 2.75) is 31.9 Å². The molecule has 0 saturated carbocycles. The summed E-state index contributed by atoms with van der Waals surface area (Å²) in [6, 6.07) is 6.77. The monoisotopic (exact) mass is 426 g/mol. The Hall–Kier alpha value is -3.20. The fraction of sp³-hybridized carbons (Fsp3) is 0.409. The number of fused-ring (bicyclic) bond motifs is 3. The lowest BCUT2D eigenvalue weighted by Crippen LogP contribution is -2.71. The van der Waals surface area contributed by atoms with Gasteiger partial charge >= 0.3 is 0 Å². The number of carbonyl (C=O) groups excluding carboxylic acids is 1. The summed E-state index contributed by atoms with van der Waals surface area (Å²) in [5.74, 6) is -0.274. The molecular formula is C22H23FN4O4. The summed E-state index contributed by atoms with van der Waals surface area (Å²) in [6.45, 7) is 6.84. The van der Waals surface area contributed by atoms with Gasteiger partial charge < -0.3 is 25.3 Å². The Morgan fingerprint density at radius 2 is 2.00 bits per heavy atom. The molecule has 1 saturated heterocycles. The highest BCUT2D eigenvalue weighted by Crippen LogP contribution is 2.62. The zero-order chi connectivity index (χ0) is 22.0. The van der Waals surface area contributed by atoms with Crippen molar-refractivity contribution in [2.75, 3.05) is 25.1 Å². The standard InChI is InChI=1S/C22H23FN4O4/c1-12-6-13(23)8-25-17(12)18(28)26-14-4-5-16-15(7-14)22(11-30-19(24)27-22)21(9-29-10-21)20(2,3)31-16/h4-8H,9-11H2,1-3H3,(H2,24,27)(H,26,28). The van der Waals surface area contributed by atoms with Crippen molar-refractivity contribution in [1.29, 1.82) is 0 Å². The minimum atomic E-state index is -0.794. The van der Waals surface area contributed by atoms with Crippen LogP contribution in [0, 0.1) is 18.2 Å². The molecule has 9 heteroatoms. The average molecular weight is 426 g/mol. The summed E-state index contributed by atoms with van der Waals surface area (Å²) in [5, 5.41) is 2.84. The van der Waals surface area contributed by atoms with Crippen LogP contribution in [0.5, 0.6) is 5.75 Å². The minimum absolute atomic E-state index is 0.121. The van der Waals surface area contributed by atoms with Crippen LogP contribution in [0.25, 0.3) is 0 Å². The largest absolute Gasteiger partial charge is 0.487 e. The molecule has 3 aliphatic rings. The smallest absolute Gasteiger partial charge is 0.283 e. The normalized spacial score (nSPS) is 24.6. The number of halogens is 1. The van der Waals surface area contributed by atoms with E-state index in [2.05, 4.69) is 10.3 Å². The molecule has 1 aromatic carbocycles. The number of hydrogen-bond donors (Lipinski definition) is 2. The van der Waals surface area contributed by atoms with Gasteiger partial charge in [-0.05, 0) is 50.6 Å². The predicted molar refractivity (Wildman–Crippen MR) is 111 cm³/mol. The van der Waals surface area contributed by atoms with Gasteiger partial charge in [-0.25, -0.2) is 14.4 Å². The lowest BCUT2D eigenvalue weighted by Gasteiger charge is -2.61. The van der Waals surface area contributed by atoms with Gasteiger partial charge in [0.25, 0.3) is 11.9 Å². The maximum absolute atomic E-state index is 13.3. The van der Waals surface area contributed by atoms with Crippen LogP contribution in [0.2, 0.25) is 0 Å². The number of aryl methyl sites for hydroxylation is 1. The molecule has 3 N–H and O–H groups in total. The second-order valence-corrected chi connectivity index (χ2v) is 8.77. The van der Waals surface area contributed by atoms with Crippen LogP contribution >= 0.6 is 0 Å². The van der Waals surface area contributed by atoms with Crippen LogP contribution in [-0.2, 0) is 15.0 Å². The Bertz CT molecular complexity index is 1130. The molecule has 1 aromatic heterocycles. The van der Waals surface area contributed by atoms with Gasteiger partial charge in [-0.1, -0.05) is 0 Å². The molecule has 1 amide bonds. The summed E-state index contributed by atoms with van der Waals surface area (Å²) >= 11 is 0. The van der Waals surface area contributed by atoms with Gasteiger partial charge in [0.2, 0.25) is 0 Å². The van der Waals surface area contributed by atoms with Crippen LogP contribution in [0.4, 0.5) is 10.1 Å². The molecule has 1 unspecified atom stereocenters. The van der Waals surface area contributed by atoms with Gasteiger partial charge in [0, 0.05) is 11.3 Å². The van der Waals surface area contributed by atoms with E-state index in [1.165, 1.54) is 6.07 Å². The van der Waals surface area contributed by atoms with Crippen molar-refractivity contribution in [3.8, 4) is 5.75 Å². The molecule has 2 spiro atoms. The molecule has 4 heterocycles. The summed E-state index contributed by atoms with van der Waals surface area (Å²) in [4.78, 5) is 21.4. The number of anilines is 1. The van der Waals surface area contributed by atoms with Crippen molar-refractivity contribution >= 4 is 17.6 Å². The summed E-state index contributed by atoms with van der Waals surface area (Å²) < 4.78 is 31.0. The van der Waals surface area contributed by atoms with E-state index in [1.807, 2.05) is 19.9 Å². The number of aromatic nitrogens is 1. The number of ether oxygens (including phenoxy) is 3. The summed E-state index contributed by atoms with van der Waals surface area (Å²) in [7, 11) is 0. The SMILES string of the molecule is Cc1cc(F)cnc1C(=O)Nc1ccc2c(c1)C1(COC(N)=N1)C1(COC1)C(C)(C)O2. The van der Waals surface area contributed by atoms with Gasteiger partial charge in [0.05, 0.1) is 24.8 Å². The molecule has 2 aromatic rings. The molecular weight excluding hydrogens is 403 g/mol. The van der Waals surface area contributed by atoms with E-state index in [4.69, 9.17) is 24.9 Å². The Kier molecular flexibility index (Phi) is 4.08. The van der Waals surface area contributed by atoms with E-state index in [-0.39, 0.29) is 18.3 Å². The fourth-order valence-electron chi connectivity index (χ4n) is 4.82. The number of carbonyl (C=O) groups is 1. The number of amides is 1. The number of amidine groups is 1. The first-order valence-corrected chi connectivity index (χ1v) is 10.0. The molecule has 0 aliphatic carbocycles. The van der Waals surface area contributed by atoms with Gasteiger partial charge in [-0.3, -0.25) is 4.79 Å². The van der Waals surface area contributed by atoms with Crippen molar-refractivity contribution in [3.05, 3.63) is 53.1 Å². The van der Waals surface area contributed by atoms with Crippen LogP contribution in [0.15, 0.2) is 35.5 Å². The quantitative estimate of drug-likeness (QED) is 0.764. The first kappa shape index (κ1) is 19.7. The van der Waals surface area contributed by atoms with E-state index in [0.29, 0.717) is 30.2 Å². The third kappa shape index (κ3) is 2.65. The Morgan fingerprint density at radius 1 is 1.23 bits per heavy atom. The predicted octanol–water partition coefficient (Wildman–Crippen LogP) is 2.51. The molecule has 8 nitrogen and oxygen atoms in total. The van der Waals surface area contributed by atoms with E-state index in [1.54, 1.807) is 19.1 Å². The Balaban J connectivity index is 1.56. The van der Waals surface area contributed by atoms with Crippen molar-refractivity contribution in [1.82, 2.24) is 4.98 Å². The van der Waals surface area contributed by atoms with Gasteiger partial charge in [-0.15, -0.1) is 0 Å². The number of pyridine rings is 1. The number of benzene rings is 1. The zero-order valence-corrected chi connectivity index (χ0v) is 17.5. The van der Waals surface area contributed by atoms with Crippen LogP contribution in [0.3, 0.4) is 0 Å². The molecule has 1 atom stereocenters. The Labute approximate surface area is 178 Å². The highest BCUT2D eigenvalue weighted by Gasteiger charge is 2.71. The first-order valence-electron chi connectivity index (χ1n) is 10.0. The highest BCUT2D eigenvalue weighted by atomic mass is 19.1. The lowest BCUT2D eigenvalue weighted by molar-refractivity contribution is -0.247. The third-order valence-corrected chi connectivity index (χ3v) is 6.68. The second kappa shape index (κ2) is 6.40. The van der Waals surface area contributed by atoms with Crippen LogP contribution < -0.4 is 15.8 Å². The topological polar surface area (TPSA) is 108 Å². The van der Waals surface area contributed by atoms with Crippen LogP contribution in [-0.4, -0.2) is 42.3 Å². The van der Waals surface area contributed by atoms with E-state index >= 15 is 0 Å². The number of nitrogens with zero attached hydrogens (tertiary/aromatic N) is 2. The molecule has 0 bridgehead atoms. The summed E-state index contributed by atoms with van der Waals surface area (Å²) in [5.41, 5.74) is 6.03. The number of nitrogens with one attached hydrogen (secondary N) is 1. The maximum Gasteiger partial charge on any atom is 0.283 e. The molecule has 3 aliphatic heterocycles. The summed E-state index contributed by atoms with van der Waals surface area (Å²) in [6.07, 6.45) is 1.02. The van der Waals surface area contributed by atoms with Gasteiger partial charge in [-0.2, -0.15) is 0 Å². The average Bonchev–Trinajstić information content (AvgIpc) is 3.03. The number of hydrogen-bond acceptors (Lipinski definition) is 7. The highest BCUT2D eigenvalue weighted by molar-refractivity contribution is 6.03. The van der Waals surface area contributed by atoms with E-state index in [9.17, 15) is 9.18 Å². The number of rotatable bonds is 2. The van der Waals surface area contributed by atoms with Crippen LogP contribution in [0.1, 0.15) is 35.5 Å². The first-order chi connectivity index (χ1) is 14.7. The van der Waals surface area contributed by atoms with E-state index < -0.39 is 28.3 Å². The van der Waals surface area contributed by atoms with Gasteiger partial charge in [0.1, 0.15) is 35.0 Å². The van der Waals surface area contributed by atoms with E-state index in [0.717, 1.165) is 11.8 Å².